The highest BCUT2D eigenvalue weighted by Gasteiger charge is 2.17. The van der Waals surface area contributed by atoms with Crippen molar-refractivity contribution in [1.29, 1.82) is 0 Å². The van der Waals surface area contributed by atoms with E-state index in [1.165, 1.54) is 32.1 Å². The van der Waals surface area contributed by atoms with Gasteiger partial charge in [-0.1, -0.05) is 46.5 Å². The molecule has 0 aliphatic heterocycles. The van der Waals surface area contributed by atoms with Crippen LogP contribution in [-0.4, -0.2) is 25.0 Å². The summed E-state index contributed by atoms with van der Waals surface area (Å²) in [5.41, 5.74) is 0. The Kier molecular flexibility index (Phi) is 7.44. The molecule has 1 saturated carbocycles. The molecule has 0 heterocycles. The van der Waals surface area contributed by atoms with E-state index >= 15 is 0 Å². The molecule has 0 aromatic rings. The third-order valence-corrected chi connectivity index (χ3v) is 4.54. The van der Waals surface area contributed by atoms with Crippen molar-refractivity contribution in [3.8, 4) is 0 Å². The van der Waals surface area contributed by atoms with E-state index in [0.29, 0.717) is 12.5 Å². The molecule has 0 radical (unpaired) electrons. The van der Waals surface area contributed by atoms with Crippen LogP contribution >= 0.6 is 0 Å². The Bertz CT molecular complexity index is 257. The van der Waals surface area contributed by atoms with Crippen LogP contribution in [0.4, 0.5) is 0 Å². The minimum absolute atomic E-state index is 0.124. The van der Waals surface area contributed by atoms with E-state index in [-0.39, 0.29) is 11.9 Å². The highest BCUT2D eigenvalue weighted by atomic mass is 16.1. The lowest BCUT2D eigenvalue weighted by Crippen LogP contribution is -2.41. The SMILES string of the molecule is CC1CCC(CCNCC(=O)NC(C)C(C)C)CC1. The van der Waals surface area contributed by atoms with E-state index in [1.54, 1.807) is 0 Å². The Morgan fingerprint density at radius 2 is 1.79 bits per heavy atom. The van der Waals surface area contributed by atoms with Crippen molar-refractivity contribution in [3.63, 3.8) is 0 Å². The molecule has 112 valence electrons. The van der Waals surface area contributed by atoms with Crippen LogP contribution in [0, 0.1) is 17.8 Å². The molecule has 0 aromatic carbocycles. The van der Waals surface area contributed by atoms with E-state index in [0.717, 1.165) is 18.4 Å². The van der Waals surface area contributed by atoms with Gasteiger partial charge in [0, 0.05) is 6.04 Å². The summed E-state index contributed by atoms with van der Waals surface area (Å²) in [7, 11) is 0. The largest absolute Gasteiger partial charge is 0.352 e. The molecule has 3 nitrogen and oxygen atoms in total. The van der Waals surface area contributed by atoms with Crippen LogP contribution in [0.3, 0.4) is 0 Å². The van der Waals surface area contributed by atoms with Gasteiger partial charge in [0.05, 0.1) is 6.54 Å². The van der Waals surface area contributed by atoms with E-state index in [9.17, 15) is 4.79 Å². The van der Waals surface area contributed by atoms with Gasteiger partial charge in [-0.15, -0.1) is 0 Å². The van der Waals surface area contributed by atoms with Crippen molar-refractivity contribution in [2.75, 3.05) is 13.1 Å². The summed E-state index contributed by atoms with van der Waals surface area (Å²) in [6.07, 6.45) is 6.74. The Labute approximate surface area is 118 Å². The van der Waals surface area contributed by atoms with Crippen molar-refractivity contribution in [1.82, 2.24) is 10.6 Å². The first-order chi connectivity index (χ1) is 8.99. The molecule has 0 spiro atoms. The maximum absolute atomic E-state index is 11.7. The Morgan fingerprint density at radius 1 is 1.16 bits per heavy atom. The van der Waals surface area contributed by atoms with Gasteiger partial charge in [-0.3, -0.25) is 4.79 Å². The van der Waals surface area contributed by atoms with Gasteiger partial charge in [0.15, 0.2) is 0 Å². The summed E-state index contributed by atoms with van der Waals surface area (Å²) >= 11 is 0. The summed E-state index contributed by atoms with van der Waals surface area (Å²) in [5.74, 6) is 2.42. The van der Waals surface area contributed by atoms with Crippen molar-refractivity contribution < 1.29 is 4.79 Å². The molecule has 1 fully saturated rings. The van der Waals surface area contributed by atoms with Gasteiger partial charge in [0.2, 0.25) is 5.91 Å². The minimum Gasteiger partial charge on any atom is -0.352 e. The van der Waals surface area contributed by atoms with Gasteiger partial charge in [-0.05, 0) is 37.6 Å². The Hall–Kier alpha value is -0.570. The topological polar surface area (TPSA) is 41.1 Å². The molecule has 0 aromatic heterocycles. The monoisotopic (exact) mass is 268 g/mol. The third-order valence-electron chi connectivity index (χ3n) is 4.54. The molecule has 2 N–H and O–H groups in total. The number of amides is 1. The first-order valence-corrected chi connectivity index (χ1v) is 7.99. The van der Waals surface area contributed by atoms with Gasteiger partial charge in [-0.2, -0.15) is 0 Å². The molecular formula is C16H32N2O. The summed E-state index contributed by atoms with van der Waals surface area (Å²) < 4.78 is 0. The van der Waals surface area contributed by atoms with Gasteiger partial charge in [-0.25, -0.2) is 0 Å². The molecule has 19 heavy (non-hydrogen) atoms. The van der Waals surface area contributed by atoms with Crippen molar-refractivity contribution in [2.45, 2.75) is 65.8 Å². The fraction of sp³-hybridized carbons (Fsp3) is 0.938. The summed E-state index contributed by atoms with van der Waals surface area (Å²) in [6.45, 7) is 10.1. The predicted octanol–water partition coefficient (Wildman–Crippen LogP) is 2.95. The second-order valence-corrected chi connectivity index (χ2v) is 6.69. The molecular weight excluding hydrogens is 236 g/mol. The second-order valence-electron chi connectivity index (χ2n) is 6.69. The van der Waals surface area contributed by atoms with E-state index in [1.807, 2.05) is 0 Å². The van der Waals surface area contributed by atoms with Crippen molar-refractivity contribution in [2.24, 2.45) is 17.8 Å². The van der Waals surface area contributed by atoms with Crippen molar-refractivity contribution >= 4 is 5.91 Å². The number of rotatable bonds is 7. The van der Waals surface area contributed by atoms with E-state index < -0.39 is 0 Å². The van der Waals surface area contributed by atoms with Gasteiger partial charge in [0.1, 0.15) is 0 Å². The normalized spacial score (nSPS) is 25.3. The maximum atomic E-state index is 11.7. The fourth-order valence-electron chi connectivity index (χ4n) is 2.60. The summed E-state index contributed by atoms with van der Waals surface area (Å²) in [4.78, 5) is 11.7. The minimum atomic E-state index is 0.124. The van der Waals surface area contributed by atoms with Gasteiger partial charge in [0.25, 0.3) is 0 Å². The van der Waals surface area contributed by atoms with Crippen LogP contribution in [0.2, 0.25) is 0 Å². The molecule has 0 bridgehead atoms. The van der Waals surface area contributed by atoms with Gasteiger partial charge >= 0.3 is 0 Å². The first-order valence-electron chi connectivity index (χ1n) is 7.99. The third kappa shape index (κ3) is 6.95. The van der Waals surface area contributed by atoms with Crippen LogP contribution in [0.1, 0.15) is 59.8 Å². The van der Waals surface area contributed by atoms with E-state index in [2.05, 4.69) is 38.3 Å². The molecule has 1 aliphatic rings. The predicted molar refractivity (Wildman–Crippen MR) is 81.1 cm³/mol. The molecule has 1 amide bonds. The molecule has 1 unspecified atom stereocenters. The Balaban J connectivity index is 2.02. The summed E-state index contributed by atoms with van der Waals surface area (Å²) in [5, 5.41) is 6.30. The lowest BCUT2D eigenvalue weighted by Gasteiger charge is -2.26. The van der Waals surface area contributed by atoms with Gasteiger partial charge < -0.3 is 10.6 Å². The number of carbonyl (C=O) groups is 1. The number of carbonyl (C=O) groups excluding carboxylic acids is 1. The molecule has 0 saturated heterocycles. The second kappa shape index (κ2) is 8.57. The zero-order valence-corrected chi connectivity index (χ0v) is 13.2. The summed E-state index contributed by atoms with van der Waals surface area (Å²) in [6, 6.07) is 0.258. The zero-order valence-electron chi connectivity index (χ0n) is 13.2. The highest BCUT2D eigenvalue weighted by molar-refractivity contribution is 5.78. The average molecular weight is 268 g/mol. The standard InChI is InChI=1S/C16H32N2O/c1-12(2)14(4)18-16(19)11-17-10-9-15-7-5-13(3)6-8-15/h12-15,17H,5-11H2,1-4H3,(H,18,19). The van der Waals surface area contributed by atoms with Crippen LogP contribution in [-0.2, 0) is 4.79 Å². The number of hydrogen-bond donors (Lipinski definition) is 2. The molecule has 1 aliphatic carbocycles. The average Bonchev–Trinajstić information content (AvgIpc) is 2.36. The number of nitrogens with one attached hydrogen (secondary N) is 2. The lowest BCUT2D eigenvalue weighted by molar-refractivity contribution is -0.121. The zero-order chi connectivity index (χ0) is 14.3. The quantitative estimate of drug-likeness (QED) is 0.697. The highest BCUT2D eigenvalue weighted by Crippen LogP contribution is 2.29. The van der Waals surface area contributed by atoms with E-state index in [4.69, 9.17) is 0 Å². The van der Waals surface area contributed by atoms with Crippen LogP contribution in [0.15, 0.2) is 0 Å². The Morgan fingerprint density at radius 3 is 2.37 bits per heavy atom. The molecule has 1 rings (SSSR count). The lowest BCUT2D eigenvalue weighted by atomic mass is 9.81. The molecule has 1 atom stereocenters. The first kappa shape index (κ1) is 16.5. The number of hydrogen-bond acceptors (Lipinski definition) is 2. The van der Waals surface area contributed by atoms with Crippen LogP contribution in [0.5, 0.6) is 0 Å². The molecule has 3 heteroatoms. The smallest absolute Gasteiger partial charge is 0.234 e. The van der Waals surface area contributed by atoms with Crippen molar-refractivity contribution in [3.05, 3.63) is 0 Å². The maximum Gasteiger partial charge on any atom is 0.234 e. The van der Waals surface area contributed by atoms with Crippen LogP contribution < -0.4 is 10.6 Å². The van der Waals surface area contributed by atoms with Crippen LogP contribution in [0.25, 0.3) is 0 Å². The fourth-order valence-corrected chi connectivity index (χ4v) is 2.60.